The minimum Gasteiger partial charge on any atom is -0.459 e. The average molecular weight is 292 g/mol. The van der Waals surface area contributed by atoms with Gasteiger partial charge in [-0.15, -0.1) is 0 Å². The highest BCUT2D eigenvalue weighted by atomic mass is 35.5. The van der Waals surface area contributed by atoms with Crippen molar-refractivity contribution < 1.29 is 4.42 Å². The zero-order valence-corrected chi connectivity index (χ0v) is 13.2. The molecule has 1 aliphatic rings. The fourth-order valence-electron chi connectivity index (χ4n) is 2.88. The molecule has 1 atom stereocenters. The van der Waals surface area contributed by atoms with E-state index >= 15 is 0 Å². The van der Waals surface area contributed by atoms with Gasteiger partial charge < -0.3 is 9.73 Å². The van der Waals surface area contributed by atoms with Crippen molar-refractivity contribution >= 4 is 22.6 Å². The first-order valence-corrected chi connectivity index (χ1v) is 7.92. The van der Waals surface area contributed by atoms with Crippen LogP contribution >= 0.6 is 11.6 Å². The molecule has 1 aliphatic carbocycles. The van der Waals surface area contributed by atoms with Crippen molar-refractivity contribution in [3.8, 4) is 0 Å². The molecule has 1 aromatic heterocycles. The molecule has 1 heterocycles. The Bertz CT molecular complexity index is 627. The van der Waals surface area contributed by atoms with Crippen LogP contribution in [0.1, 0.15) is 49.1 Å². The number of hydrogen-bond donors (Lipinski definition) is 1. The molecule has 20 heavy (non-hydrogen) atoms. The van der Waals surface area contributed by atoms with Crippen molar-refractivity contribution in [1.29, 1.82) is 0 Å². The highest BCUT2D eigenvalue weighted by molar-refractivity contribution is 6.33. The molecular formula is C17H22ClNO. The number of aryl methyl sites for hydroxylation is 2. The van der Waals surface area contributed by atoms with Crippen LogP contribution in [-0.2, 0) is 0 Å². The third-order valence-electron chi connectivity index (χ3n) is 4.22. The molecule has 3 rings (SSSR count). The smallest absolute Gasteiger partial charge is 0.135 e. The lowest BCUT2D eigenvalue weighted by atomic mass is 10.1. The summed E-state index contributed by atoms with van der Waals surface area (Å²) in [6, 6.07) is 4.60. The lowest BCUT2D eigenvalue weighted by Crippen LogP contribution is -2.23. The second kappa shape index (κ2) is 5.42. The minimum atomic E-state index is 0.362. The Morgan fingerprint density at radius 2 is 2.10 bits per heavy atom. The van der Waals surface area contributed by atoms with Crippen molar-refractivity contribution in [2.45, 2.75) is 46.1 Å². The summed E-state index contributed by atoms with van der Waals surface area (Å²) in [7, 11) is 0. The average Bonchev–Trinajstić information content (AvgIpc) is 3.17. The molecule has 0 bridgehead atoms. The van der Waals surface area contributed by atoms with Crippen LogP contribution in [0.4, 0.5) is 0 Å². The topological polar surface area (TPSA) is 25.2 Å². The molecular weight excluding hydrogens is 270 g/mol. The molecule has 1 N–H and O–H groups in total. The van der Waals surface area contributed by atoms with E-state index in [0.29, 0.717) is 6.04 Å². The molecule has 0 amide bonds. The quantitative estimate of drug-likeness (QED) is 0.824. The summed E-state index contributed by atoms with van der Waals surface area (Å²) in [5.41, 5.74) is 3.17. The summed E-state index contributed by atoms with van der Waals surface area (Å²) in [5, 5.41) is 5.64. The Morgan fingerprint density at radius 3 is 2.75 bits per heavy atom. The van der Waals surface area contributed by atoms with Crippen LogP contribution in [0.5, 0.6) is 0 Å². The molecule has 1 aromatic carbocycles. The van der Waals surface area contributed by atoms with E-state index in [2.05, 4.69) is 31.3 Å². The standard InChI is InChI=1S/C17H22ClNO/c1-4-7-19-17(12-5-6-12)15-9-13-11(3)16(18)10(2)8-14(13)20-15/h8-9,12,17,19H,4-7H2,1-3H3. The van der Waals surface area contributed by atoms with Gasteiger partial charge >= 0.3 is 0 Å². The summed E-state index contributed by atoms with van der Waals surface area (Å²) >= 11 is 6.35. The molecule has 0 saturated heterocycles. The summed E-state index contributed by atoms with van der Waals surface area (Å²) in [6.45, 7) is 7.34. The van der Waals surface area contributed by atoms with Crippen LogP contribution < -0.4 is 5.32 Å². The van der Waals surface area contributed by atoms with Gasteiger partial charge in [-0.25, -0.2) is 0 Å². The number of benzene rings is 1. The summed E-state index contributed by atoms with van der Waals surface area (Å²) in [4.78, 5) is 0. The molecule has 3 heteroatoms. The number of rotatable bonds is 5. The molecule has 0 radical (unpaired) electrons. The van der Waals surface area contributed by atoms with Crippen molar-refractivity contribution in [2.75, 3.05) is 6.54 Å². The molecule has 0 aliphatic heterocycles. The molecule has 0 spiro atoms. The predicted molar refractivity (Wildman–Crippen MR) is 84.5 cm³/mol. The van der Waals surface area contributed by atoms with E-state index in [1.807, 2.05) is 6.92 Å². The Morgan fingerprint density at radius 1 is 1.35 bits per heavy atom. The fourth-order valence-corrected chi connectivity index (χ4v) is 3.04. The first-order valence-electron chi connectivity index (χ1n) is 7.54. The van der Waals surface area contributed by atoms with Crippen LogP contribution in [0.3, 0.4) is 0 Å². The van der Waals surface area contributed by atoms with Crippen molar-refractivity contribution in [3.05, 3.63) is 34.0 Å². The zero-order valence-electron chi connectivity index (χ0n) is 12.4. The number of fused-ring (bicyclic) bond motifs is 1. The number of hydrogen-bond acceptors (Lipinski definition) is 2. The molecule has 1 fully saturated rings. The molecule has 1 unspecified atom stereocenters. The van der Waals surface area contributed by atoms with Gasteiger partial charge in [0.15, 0.2) is 0 Å². The highest BCUT2D eigenvalue weighted by Gasteiger charge is 2.34. The molecule has 2 nitrogen and oxygen atoms in total. The van der Waals surface area contributed by atoms with Gasteiger partial charge in [-0.05, 0) is 68.8 Å². The number of nitrogens with one attached hydrogen (secondary N) is 1. The summed E-state index contributed by atoms with van der Waals surface area (Å²) in [5.74, 6) is 1.81. The van der Waals surface area contributed by atoms with E-state index in [1.54, 1.807) is 0 Å². The minimum absolute atomic E-state index is 0.362. The fraction of sp³-hybridized carbons (Fsp3) is 0.529. The van der Waals surface area contributed by atoms with Crippen LogP contribution in [0.2, 0.25) is 5.02 Å². The first kappa shape index (κ1) is 14.0. The Hall–Kier alpha value is -0.990. The lowest BCUT2D eigenvalue weighted by Gasteiger charge is -2.14. The van der Waals surface area contributed by atoms with Gasteiger partial charge in [0.25, 0.3) is 0 Å². The van der Waals surface area contributed by atoms with Gasteiger partial charge in [-0.1, -0.05) is 18.5 Å². The largest absolute Gasteiger partial charge is 0.459 e. The third-order valence-corrected chi connectivity index (χ3v) is 4.80. The first-order chi connectivity index (χ1) is 9.61. The van der Waals surface area contributed by atoms with Crippen molar-refractivity contribution in [2.24, 2.45) is 5.92 Å². The van der Waals surface area contributed by atoms with Crippen LogP contribution in [-0.4, -0.2) is 6.54 Å². The Labute approximate surface area is 125 Å². The van der Waals surface area contributed by atoms with Crippen LogP contribution in [0.25, 0.3) is 11.0 Å². The van der Waals surface area contributed by atoms with Gasteiger partial charge in [0, 0.05) is 10.4 Å². The molecule has 108 valence electrons. The Kier molecular flexibility index (Phi) is 3.78. The van der Waals surface area contributed by atoms with Gasteiger partial charge in [0.05, 0.1) is 6.04 Å². The lowest BCUT2D eigenvalue weighted by molar-refractivity contribution is 0.396. The van der Waals surface area contributed by atoms with Crippen LogP contribution in [0, 0.1) is 19.8 Å². The summed E-state index contributed by atoms with van der Waals surface area (Å²) in [6.07, 6.45) is 3.75. The zero-order chi connectivity index (χ0) is 14.3. The van der Waals surface area contributed by atoms with E-state index in [9.17, 15) is 0 Å². The van der Waals surface area contributed by atoms with Gasteiger partial charge in [0.2, 0.25) is 0 Å². The number of furan rings is 1. The van der Waals surface area contributed by atoms with E-state index in [-0.39, 0.29) is 0 Å². The van der Waals surface area contributed by atoms with Crippen molar-refractivity contribution in [3.63, 3.8) is 0 Å². The van der Waals surface area contributed by atoms with Gasteiger partial charge in [0.1, 0.15) is 11.3 Å². The second-order valence-corrected chi connectivity index (χ2v) is 6.34. The normalized spacial score (nSPS) is 16.8. The maximum atomic E-state index is 6.35. The van der Waals surface area contributed by atoms with E-state index in [1.165, 1.54) is 12.8 Å². The van der Waals surface area contributed by atoms with E-state index in [0.717, 1.165) is 51.8 Å². The predicted octanol–water partition coefficient (Wildman–Crippen LogP) is 5.15. The van der Waals surface area contributed by atoms with E-state index in [4.69, 9.17) is 16.0 Å². The molecule has 2 aromatic rings. The third kappa shape index (κ3) is 2.47. The van der Waals surface area contributed by atoms with Gasteiger partial charge in [-0.2, -0.15) is 0 Å². The van der Waals surface area contributed by atoms with Crippen molar-refractivity contribution in [1.82, 2.24) is 5.32 Å². The second-order valence-electron chi connectivity index (χ2n) is 5.96. The maximum absolute atomic E-state index is 6.35. The van der Waals surface area contributed by atoms with Gasteiger partial charge in [-0.3, -0.25) is 0 Å². The Balaban J connectivity index is 2.00. The molecule has 1 saturated carbocycles. The monoisotopic (exact) mass is 291 g/mol. The summed E-state index contributed by atoms with van der Waals surface area (Å²) < 4.78 is 6.12. The van der Waals surface area contributed by atoms with E-state index < -0.39 is 0 Å². The SMILES string of the molecule is CCCNC(c1cc2c(C)c(Cl)c(C)cc2o1)C1CC1. The van der Waals surface area contributed by atoms with Crippen LogP contribution in [0.15, 0.2) is 16.5 Å². The highest BCUT2D eigenvalue weighted by Crippen LogP contribution is 2.43. The number of halogens is 1. The maximum Gasteiger partial charge on any atom is 0.135 e.